The summed E-state index contributed by atoms with van der Waals surface area (Å²) in [4.78, 5) is 25.5. The van der Waals surface area contributed by atoms with E-state index in [0.717, 1.165) is 0 Å². The molecule has 0 radical (unpaired) electrons. The number of nitrogen functional groups attached to an aromatic ring is 1. The van der Waals surface area contributed by atoms with Gasteiger partial charge in [0, 0.05) is 25.3 Å². The third kappa shape index (κ3) is 6.24. The van der Waals surface area contributed by atoms with Crippen LogP contribution in [0.4, 0.5) is 5.69 Å². The van der Waals surface area contributed by atoms with Gasteiger partial charge in [-0.05, 0) is 61.9 Å². The van der Waals surface area contributed by atoms with E-state index in [1.54, 1.807) is 63.5 Å². The quantitative estimate of drug-likeness (QED) is 0.403. The van der Waals surface area contributed by atoms with Gasteiger partial charge in [0.1, 0.15) is 0 Å². The molecule has 154 valence electrons. The molecule has 0 unspecified atom stereocenters. The highest BCUT2D eigenvalue weighted by molar-refractivity contribution is 5.95. The topological polar surface area (TPSA) is 106 Å². The molecule has 8 nitrogen and oxygen atoms in total. The summed E-state index contributed by atoms with van der Waals surface area (Å²) in [5, 5.41) is 3.97. The lowest BCUT2D eigenvalue weighted by atomic mass is 10.2. The number of hydrogen-bond acceptors (Lipinski definition) is 6. The highest BCUT2D eigenvalue weighted by atomic mass is 16.5. The zero-order valence-electron chi connectivity index (χ0n) is 17.0. The molecule has 0 aliphatic carbocycles. The Hall–Kier alpha value is -3.55. The molecule has 0 aliphatic rings. The summed E-state index contributed by atoms with van der Waals surface area (Å²) >= 11 is 0. The zero-order valence-corrected chi connectivity index (χ0v) is 17.0. The van der Waals surface area contributed by atoms with Crippen molar-refractivity contribution in [3.8, 4) is 11.5 Å². The number of hydrogen-bond donors (Lipinski definition) is 2. The van der Waals surface area contributed by atoms with E-state index in [1.165, 1.54) is 11.1 Å². The Labute approximate surface area is 170 Å². The van der Waals surface area contributed by atoms with Crippen LogP contribution in [0.5, 0.6) is 11.5 Å². The molecule has 2 aromatic rings. The van der Waals surface area contributed by atoms with Gasteiger partial charge in [0.2, 0.25) is 0 Å². The molecule has 1 atom stereocenters. The number of hydrazone groups is 1. The van der Waals surface area contributed by atoms with Crippen molar-refractivity contribution in [3.05, 3.63) is 53.6 Å². The van der Waals surface area contributed by atoms with Gasteiger partial charge in [-0.25, -0.2) is 5.43 Å². The van der Waals surface area contributed by atoms with E-state index in [-0.39, 0.29) is 11.8 Å². The third-order valence-corrected chi connectivity index (χ3v) is 3.91. The maximum atomic E-state index is 12.1. The highest BCUT2D eigenvalue weighted by Gasteiger charge is 2.18. The first-order chi connectivity index (χ1) is 13.8. The van der Waals surface area contributed by atoms with Crippen LogP contribution >= 0.6 is 0 Å². The van der Waals surface area contributed by atoms with Gasteiger partial charge in [-0.1, -0.05) is 0 Å². The lowest BCUT2D eigenvalue weighted by molar-refractivity contribution is -0.135. The van der Waals surface area contributed by atoms with Gasteiger partial charge >= 0.3 is 0 Å². The van der Waals surface area contributed by atoms with Gasteiger partial charge in [0.05, 0.1) is 12.8 Å². The van der Waals surface area contributed by atoms with Crippen molar-refractivity contribution in [2.24, 2.45) is 5.10 Å². The number of nitrogens with two attached hydrogens (primary N) is 1. The monoisotopic (exact) mass is 398 g/mol. The van der Waals surface area contributed by atoms with Crippen LogP contribution in [-0.4, -0.2) is 49.7 Å². The molecule has 2 amide bonds. The molecular weight excluding hydrogens is 372 g/mol. The fourth-order valence-electron chi connectivity index (χ4n) is 2.44. The van der Waals surface area contributed by atoms with Crippen molar-refractivity contribution in [2.75, 3.05) is 26.4 Å². The van der Waals surface area contributed by atoms with Gasteiger partial charge in [-0.3, -0.25) is 9.59 Å². The van der Waals surface area contributed by atoms with Crippen molar-refractivity contribution in [1.29, 1.82) is 0 Å². The lowest BCUT2D eigenvalue weighted by Crippen LogP contribution is -2.35. The number of benzene rings is 2. The van der Waals surface area contributed by atoms with Crippen molar-refractivity contribution in [2.45, 2.75) is 20.0 Å². The van der Waals surface area contributed by atoms with E-state index >= 15 is 0 Å². The number of nitrogens with one attached hydrogen (secondary N) is 1. The second-order valence-electron chi connectivity index (χ2n) is 6.45. The van der Waals surface area contributed by atoms with E-state index in [9.17, 15) is 9.59 Å². The number of nitrogens with zero attached hydrogens (tertiary/aromatic N) is 2. The van der Waals surface area contributed by atoms with E-state index < -0.39 is 6.10 Å². The van der Waals surface area contributed by atoms with Crippen LogP contribution in [0.3, 0.4) is 0 Å². The van der Waals surface area contributed by atoms with E-state index in [1.807, 2.05) is 6.92 Å². The summed E-state index contributed by atoms with van der Waals surface area (Å²) in [6, 6.07) is 11.7. The maximum Gasteiger partial charge on any atom is 0.271 e. The number of carbonyl (C=O) groups excluding carboxylic acids is 2. The van der Waals surface area contributed by atoms with Gasteiger partial charge in [-0.2, -0.15) is 5.10 Å². The van der Waals surface area contributed by atoms with E-state index in [0.29, 0.717) is 34.9 Å². The summed E-state index contributed by atoms with van der Waals surface area (Å²) in [5.74, 6) is 0.447. The number of anilines is 1. The minimum atomic E-state index is -0.650. The van der Waals surface area contributed by atoms with E-state index in [4.69, 9.17) is 15.2 Å². The lowest BCUT2D eigenvalue weighted by Gasteiger charge is -2.20. The van der Waals surface area contributed by atoms with Gasteiger partial charge in [0.15, 0.2) is 17.6 Å². The Balaban J connectivity index is 2.08. The smallest absolute Gasteiger partial charge is 0.271 e. The Kier molecular flexibility index (Phi) is 7.59. The van der Waals surface area contributed by atoms with Crippen molar-refractivity contribution < 1.29 is 19.1 Å². The molecule has 0 fully saturated rings. The summed E-state index contributed by atoms with van der Waals surface area (Å²) < 4.78 is 11.4. The summed E-state index contributed by atoms with van der Waals surface area (Å²) in [5.41, 5.74) is 9.80. The molecule has 0 saturated carbocycles. The number of ether oxygens (including phenoxy) is 2. The molecule has 0 heterocycles. The first-order valence-electron chi connectivity index (χ1n) is 9.15. The van der Waals surface area contributed by atoms with Crippen LogP contribution in [0.15, 0.2) is 47.6 Å². The van der Waals surface area contributed by atoms with Crippen LogP contribution in [0.25, 0.3) is 0 Å². The van der Waals surface area contributed by atoms with Crippen molar-refractivity contribution >= 4 is 23.7 Å². The van der Waals surface area contributed by atoms with Gasteiger partial charge in [0.25, 0.3) is 11.8 Å². The summed E-state index contributed by atoms with van der Waals surface area (Å²) in [6.45, 7) is 3.97. The SMILES string of the molecule is CCOc1cc(/C=N\NC(=O)c2ccc(N)cc2)ccc1O[C@H](C)C(=O)N(C)C. The predicted octanol–water partition coefficient (Wildman–Crippen LogP) is 2.29. The average Bonchev–Trinajstić information content (AvgIpc) is 2.69. The van der Waals surface area contributed by atoms with Gasteiger partial charge < -0.3 is 20.1 Å². The second-order valence-corrected chi connectivity index (χ2v) is 6.45. The minimum absolute atomic E-state index is 0.150. The Bertz CT molecular complexity index is 879. The molecule has 3 N–H and O–H groups in total. The third-order valence-electron chi connectivity index (χ3n) is 3.91. The number of amides is 2. The fraction of sp³-hybridized carbons (Fsp3) is 0.286. The van der Waals surface area contributed by atoms with Crippen LogP contribution in [0.1, 0.15) is 29.8 Å². The number of rotatable bonds is 8. The molecule has 0 saturated heterocycles. The van der Waals surface area contributed by atoms with Crippen molar-refractivity contribution in [3.63, 3.8) is 0 Å². The Morgan fingerprint density at radius 3 is 2.48 bits per heavy atom. The predicted molar refractivity (Wildman–Crippen MR) is 112 cm³/mol. The maximum absolute atomic E-state index is 12.1. The van der Waals surface area contributed by atoms with E-state index in [2.05, 4.69) is 10.5 Å². The normalized spacial score (nSPS) is 11.7. The fourth-order valence-corrected chi connectivity index (χ4v) is 2.44. The molecule has 0 aromatic heterocycles. The van der Waals surface area contributed by atoms with Crippen molar-refractivity contribution in [1.82, 2.24) is 10.3 Å². The standard InChI is InChI=1S/C21H26N4O4/c1-5-28-19-12-15(6-11-18(19)29-14(2)21(27)25(3)4)13-23-24-20(26)16-7-9-17(22)10-8-16/h6-14H,5,22H2,1-4H3,(H,24,26)/b23-13-/t14-/m1/s1. The number of carbonyl (C=O) groups is 2. The second kappa shape index (κ2) is 10.1. The largest absolute Gasteiger partial charge is 0.490 e. The first-order valence-corrected chi connectivity index (χ1v) is 9.15. The molecule has 2 aromatic carbocycles. The summed E-state index contributed by atoms with van der Waals surface area (Å²) in [7, 11) is 3.34. The average molecular weight is 398 g/mol. The number of likely N-dealkylation sites (N-methyl/N-ethyl adjacent to an activating group) is 1. The molecular formula is C21H26N4O4. The van der Waals surface area contributed by atoms with Crippen LogP contribution in [-0.2, 0) is 4.79 Å². The minimum Gasteiger partial charge on any atom is -0.490 e. The van der Waals surface area contributed by atoms with Crippen LogP contribution in [0.2, 0.25) is 0 Å². The van der Waals surface area contributed by atoms with Crippen LogP contribution < -0.4 is 20.6 Å². The Morgan fingerprint density at radius 2 is 1.86 bits per heavy atom. The summed E-state index contributed by atoms with van der Waals surface area (Å²) in [6.07, 6.45) is 0.846. The highest BCUT2D eigenvalue weighted by Crippen LogP contribution is 2.29. The molecule has 29 heavy (non-hydrogen) atoms. The zero-order chi connectivity index (χ0) is 21.4. The van der Waals surface area contributed by atoms with Gasteiger partial charge in [-0.15, -0.1) is 0 Å². The molecule has 0 aliphatic heterocycles. The first kappa shape index (κ1) is 21.7. The molecule has 0 bridgehead atoms. The van der Waals surface area contributed by atoms with Crippen LogP contribution in [0, 0.1) is 0 Å². The Morgan fingerprint density at radius 1 is 1.17 bits per heavy atom. The molecule has 2 rings (SSSR count). The molecule has 8 heteroatoms. The molecule has 0 spiro atoms.